The van der Waals surface area contributed by atoms with Gasteiger partial charge in [0, 0.05) is 12.1 Å². The number of thiocarbonyl (C=S) groups is 1. The Bertz CT molecular complexity index is 599. The first kappa shape index (κ1) is 14.1. The van der Waals surface area contributed by atoms with Crippen LogP contribution in [0.25, 0.3) is 0 Å². The van der Waals surface area contributed by atoms with Crippen LogP contribution < -0.4 is 14.8 Å². The molecule has 104 valence electrons. The second-order valence-electron chi connectivity index (χ2n) is 4.35. The number of nitrogens with two attached hydrogens (primary N) is 1. The van der Waals surface area contributed by atoms with Crippen molar-refractivity contribution in [3.05, 3.63) is 23.8 Å². The molecule has 2 N–H and O–H groups in total. The number of ether oxygens (including phenoxy) is 1. The fourth-order valence-electron chi connectivity index (χ4n) is 2.10. The predicted molar refractivity (Wildman–Crippen MR) is 79.2 cm³/mol. The SMILES string of the molecule is COc1cc(C(N)=S)ccc1N1CCCCS1(=O)=O. The van der Waals surface area contributed by atoms with Crippen molar-refractivity contribution in [2.24, 2.45) is 5.73 Å². The standard InChI is InChI=1S/C12H16N2O3S2/c1-17-11-8-9(12(13)18)4-5-10(11)14-6-2-3-7-19(14,15)16/h4-5,8H,2-3,6-7H2,1H3,(H2,13,18). The lowest BCUT2D eigenvalue weighted by Crippen LogP contribution is -2.38. The molecule has 0 spiro atoms. The molecule has 1 fully saturated rings. The number of hydrogen-bond acceptors (Lipinski definition) is 4. The van der Waals surface area contributed by atoms with E-state index in [-0.39, 0.29) is 10.7 Å². The zero-order valence-corrected chi connectivity index (χ0v) is 12.3. The quantitative estimate of drug-likeness (QED) is 0.851. The summed E-state index contributed by atoms with van der Waals surface area (Å²) in [5, 5.41) is 0. The molecule has 1 saturated heterocycles. The van der Waals surface area contributed by atoms with Gasteiger partial charge in [-0.3, -0.25) is 4.31 Å². The van der Waals surface area contributed by atoms with Gasteiger partial charge in [-0.05, 0) is 31.0 Å². The van der Waals surface area contributed by atoms with Crippen LogP contribution in [0.2, 0.25) is 0 Å². The maximum absolute atomic E-state index is 12.1. The highest BCUT2D eigenvalue weighted by Crippen LogP contribution is 2.33. The van der Waals surface area contributed by atoms with Gasteiger partial charge in [0.05, 0.1) is 18.6 Å². The first-order valence-corrected chi connectivity index (χ1v) is 7.96. The first-order chi connectivity index (χ1) is 8.95. The van der Waals surface area contributed by atoms with Crippen molar-refractivity contribution in [3.63, 3.8) is 0 Å². The molecule has 0 aliphatic carbocycles. The van der Waals surface area contributed by atoms with Gasteiger partial charge in [0.15, 0.2) is 0 Å². The Hall–Kier alpha value is -1.34. The average Bonchev–Trinajstić information content (AvgIpc) is 2.37. The van der Waals surface area contributed by atoms with E-state index >= 15 is 0 Å². The van der Waals surface area contributed by atoms with Crippen LogP contribution in [0.3, 0.4) is 0 Å². The number of rotatable bonds is 3. The van der Waals surface area contributed by atoms with Crippen molar-refractivity contribution in [1.82, 2.24) is 0 Å². The van der Waals surface area contributed by atoms with Crippen LogP contribution in [0.15, 0.2) is 18.2 Å². The average molecular weight is 300 g/mol. The fourth-order valence-corrected chi connectivity index (χ4v) is 3.87. The summed E-state index contributed by atoms with van der Waals surface area (Å²) in [5.74, 6) is 0.642. The molecule has 0 unspecified atom stereocenters. The molecule has 1 aromatic rings. The topological polar surface area (TPSA) is 72.6 Å². The Labute approximate surface area is 118 Å². The minimum atomic E-state index is -3.25. The lowest BCUT2D eigenvalue weighted by molar-refractivity contribution is 0.415. The largest absolute Gasteiger partial charge is 0.495 e. The molecule has 7 heteroatoms. The molecule has 1 aromatic carbocycles. The van der Waals surface area contributed by atoms with Crippen LogP contribution >= 0.6 is 12.2 Å². The second kappa shape index (κ2) is 5.34. The van der Waals surface area contributed by atoms with Crippen LogP contribution in [-0.2, 0) is 10.0 Å². The highest BCUT2D eigenvalue weighted by atomic mass is 32.2. The molecule has 0 bridgehead atoms. The third kappa shape index (κ3) is 2.82. The minimum absolute atomic E-state index is 0.174. The summed E-state index contributed by atoms with van der Waals surface area (Å²) in [6.07, 6.45) is 1.55. The lowest BCUT2D eigenvalue weighted by atomic mass is 10.2. The van der Waals surface area contributed by atoms with Gasteiger partial charge < -0.3 is 10.5 Å². The van der Waals surface area contributed by atoms with Crippen LogP contribution in [-0.4, -0.2) is 32.8 Å². The Morgan fingerprint density at radius 1 is 1.42 bits per heavy atom. The zero-order valence-electron chi connectivity index (χ0n) is 10.6. The molecule has 5 nitrogen and oxygen atoms in total. The van der Waals surface area contributed by atoms with Crippen LogP contribution in [0.5, 0.6) is 5.75 Å². The third-order valence-corrected chi connectivity index (χ3v) is 5.17. The fraction of sp³-hybridized carbons (Fsp3) is 0.417. The van der Waals surface area contributed by atoms with Gasteiger partial charge in [0.1, 0.15) is 10.7 Å². The molecule has 2 rings (SSSR count). The Morgan fingerprint density at radius 3 is 2.74 bits per heavy atom. The predicted octanol–water partition coefficient (Wildman–Crippen LogP) is 1.26. The minimum Gasteiger partial charge on any atom is -0.495 e. The highest BCUT2D eigenvalue weighted by molar-refractivity contribution is 7.92. The monoisotopic (exact) mass is 300 g/mol. The van der Waals surface area contributed by atoms with E-state index in [4.69, 9.17) is 22.7 Å². The van der Waals surface area contributed by atoms with Crippen molar-refractivity contribution in [2.45, 2.75) is 12.8 Å². The third-order valence-electron chi connectivity index (χ3n) is 3.08. The summed E-state index contributed by atoms with van der Waals surface area (Å²) in [6.45, 7) is 0.477. The molecule has 1 heterocycles. The summed E-state index contributed by atoms with van der Waals surface area (Å²) in [6, 6.07) is 5.07. The van der Waals surface area contributed by atoms with E-state index in [1.165, 1.54) is 11.4 Å². The smallest absolute Gasteiger partial charge is 0.235 e. The van der Waals surface area contributed by atoms with Gasteiger partial charge in [0.2, 0.25) is 10.0 Å². The van der Waals surface area contributed by atoms with E-state index in [0.29, 0.717) is 30.0 Å². The van der Waals surface area contributed by atoms with Crippen LogP contribution in [0.4, 0.5) is 5.69 Å². The van der Waals surface area contributed by atoms with Crippen LogP contribution in [0.1, 0.15) is 18.4 Å². The molecule has 0 aromatic heterocycles. The number of methoxy groups -OCH3 is 1. The van der Waals surface area contributed by atoms with E-state index in [1.54, 1.807) is 18.2 Å². The summed E-state index contributed by atoms with van der Waals surface area (Å²) < 4.78 is 30.8. The summed E-state index contributed by atoms with van der Waals surface area (Å²) in [7, 11) is -1.75. The molecule has 1 aliphatic heterocycles. The normalized spacial score (nSPS) is 18.1. The molecular weight excluding hydrogens is 284 g/mol. The summed E-state index contributed by atoms with van der Waals surface area (Å²) in [5.41, 5.74) is 6.76. The van der Waals surface area contributed by atoms with E-state index in [2.05, 4.69) is 0 Å². The number of sulfonamides is 1. The van der Waals surface area contributed by atoms with Crippen molar-refractivity contribution < 1.29 is 13.2 Å². The van der Waals surface area contributed by atoms with Crippen molar-refractivity contribution in [2.75, 3.05) is 23.7 Å². The van der Waals surface area contributed by atoms with Crippen molar-refractivity contribution in [3.8, 4) is 5.75 Å². The van der Waals surface area contributed by atoms with Gasteiger partial charge in [-0.25, -0.2) is 8.42 Å². The van der Waals surface area contributed by atoms with Gasteiger partial charge in [-0.1, -0.05) is 12.2 Å². The van der Waals surface area contributed by atoms with E-state index in [9.17, 15) is 8.42 Å². The maximum atomic E-state index is 12.1. The van der Waals surface area contributed by atoms with Gasteiger partial charge >= 0.3 is 0 Å². The Balaban J connectivity index is 2.47. The maximum Gasteiger partial charge on any atom is 0.235 e. The highest BCUT2D eigenvalue weighted by Gasteiger charge is 2.28. The van der Waals surface area contributed by atoms with Gasteiger partial charge in [-0.15, -0.1) is 0 Å². The zero-order chi connectivity index (χ0) is 14.0. The van der Waals surface area contributed by atoms with E-state index < -0.39 is 10.0 Å². The molecular formula is C12H16N2O3S2. The molecule has 0 radical (unpaired) electrons. The number of anilines is 1. The van der Waals surface area contributed by atoms with Crippen molar-refractivity contribution >= 4 is 32.9 Å². The Morgan fingerprint density at radius 2 is 2.16 bits per heavy atom. The molecule has 1 aliphatic rings. The lowest BCUT2D eigenvalue weighted by Gasteiger charge is -2.29. The molecule has 0 saturated carbocycles. The first-order valence-electron chi connectivity index (χ1n) is 5.94. The van der Waals surface area contributed by atoms with E-state index in [0.717, 1.165) is 6.42 Å². The number of hydrogen-bond donors (Lipinski definition) is 1. The molecule has 0 amide bonds. The van der Waals surface area contributed by atoms with E-state index in [1.807, 2.05) is 0 Å². The molecule has 0 atom stereocenters. The van der Waals surface area contributed by atoms with Gasteiger partial charge in [-0.2, -0.15) is 0 Å². The summed E-state index contributed by atoms with van der Waals surface area (Å²) in [4.78, 5) is 0.256. The van der Waals surface area contributed by atoms with Crippen molar-refractivity contribution in [1.29, 1.82) is 0 Å². The number of nitrogens with zero attached hydrogens (tertiary/aromatic N) is 1. The van der Waals surface area contributed by atoms with Gasteiger partial charge in [0.25, 0.3) is 0 Å². The van der Waals surface area contributed by atoms with Crippen LogP contribution in [0, 0.1) is 0 Å². The number of benzene rings is 1. The molecule has 19 heavy (non-hydrogen) atoms. The Kier molecular flexibility index (Phi) is 3.96. The summed E-state index contributed by atoms with van der Waals surface area (Å²) >= 11 is 4.90. The second-order valence-corrected chi connectivity index (χ2v) is 6.80.